The number of aryl methyl sites for hydroxylation is 1. The standard InChI is InChI=1S/C22H38N4OS/c1-3-4-16-28-26-13-9-21(10-14-26)27-15-5-6-20-7-11-25(12-8-20)22-23-17-19(2)18-24-22/h17-18,20-21H,3-16H2,1-2H3. The maximum absolute atomic E-state index is 6.18. The number of anilines is 1. The molecule has 1 aromatic rings. The smallest absolute Gasteiger partial charge is 0.225 e. The van der Waals surface area contributed by atoms with Gasteiger partial charge in [-0.2, -0.15) is 0 Å². The van der Waals surface area contributed by atoms with Gasteiger partial charge in [0.25, 0.3) is 0 Å². The molecule has 3 heterocycles. The highest BCUT2D eigenvalue weighted by molar-refractivity contribution is 7.97. The fourth-order valence-electron chi connectivity index (χ4n) is 4.06. The van der Waals surface area contributed by atoms with Crippen LogP contribution in [0.2, 0.25) is 0 Å². The van der Waals surface area contributed by atoms with Gasteiger partial charge in [0.05, 0.1) is 6.10 Å². The third-order valence-corrected chi connectivity index (χ3v) is 7.15. The van der Waals surface area contributed by atoms with E-state index < -0.39 is 0 Å². The lowest BCUT2D eigenvalue weighted by Gasteiger charge is -2.32. The van der Waals surface area contributed by atoms with Crippen LogP contribution in [0.25, 0.3) is 0 Å². The molecular weight excluding hydrogens is 368 g/mol. The van der Waals surface area contributed by atoms with Crippen LogP contribution >= 0.6 is 11.9 Å². The summed E-state index contributed by atoms with van der Waals surface area (Å²) in [6.07, 6.45) is 14.4. The maximum Gasteiger partial charge on any atom is 0.225 e. The molecule has 0 spiro atoms. The van der Waals surface area contributed by atoms with Crippen molar-refractivity contribution in [1.82, 2.24) is 14.3 Å². The van der Waals surface area contributed by atoms with Crippen molar-refractivity contribution < 1.29 is 4.74 Å². The summed E-state index contributed by atoms with van der Waals surface area (Å²) in [7, 11) is 0. The molecule has 0 N–H and O–H groups in total. The van der Waals surface area contributed by atoms with Gasteiger partial charge in [0.2, 0.25) is 5.95 Å². The number of nitrogens with zero attached hydrogens (tertiary/aromatic N) is 4. The highest BCUT2D eigenvalue weighted by Crippen LogP contribution is 2.25. The summed E-state index contributed by atoms with van der Waals surface area (Å²) in [6, 6.07) is 0. The van der Waals surface area contributed by atoms with E-state index >= 15 is 0 Å². The van der Waals surface area contributed by atoms with Gasteiger partial charge in [0.1, 0.15) is 0 Å². The zero-order chi connectivity index (χ0) is 19.6. The Bertz CT molecular complexity index is 540. The molecule has 3 rings (SSSR count). The van der Waals surface area contributed by atoms with Crippen molar-refractivity contribution in [2.24, 2.45) is 5.92 Å². The molecular formula is C22H38N4OS. The minimum atomic E-state index is 0.489. The largest absolute Gasteiger partial charge is 0.378 e. The summed E-state index contributed by atoms with van der Waals surface area (Å²) in [5.74, 6) is 3.00. The van der Waals surface area contributed by atoms with Crippen LogP contribution < -0.4 is 4.90 Å². The molecule has 158 valence electrons. The number of rotatable bonds is 10. The second-order valence-corrected chi connectivity index (χ2v) is 9.50. The van der Waals surface area contributed by atoms with Crippen LogP contribution in [0.1, 0.15) is 63.9 Å². The third kappa shape index (κ3) is 7.20. The van der Waals surface area contributed by atoms with Crippen molar-refractivity contribution in [2.45, 2.75) is 71.3 Å². The summed E-state index contributed by atoms with van der Waals surface area (Å²) in [6.45, 7) is 9.80. The summed E-state index contributed by atoms with van der Waals surface area (Å²) in [4.78, 5) is 11.3. The Labute approximate surface area is 175 Å². The molecule has 2 aliphatic heterocycles. The van der Waals surface area contributed by atoms with E-state index in [9.17, 15) is 0 Å². The summed E-state index contributed by atoms with van der Waals surface area (Å²) >= 11 is 2.04. The Hall–Kier alpha value is -0.850. The Morgan fingerprint density at radius 3 is 2.43 bits per heavy atom. The highest BCUT2D eigenvalue weighted by atomic mass is 32.2. The minimum absolute atomic E-state index is 0.489. The monoisotopic (exact) mass is 406 g/mol. The molecule has 0 saturated carbocycles. The zero-order valence-corrected chi connectivity index (χ0v) is 18.6. The molecule has 1 aromatic heterocycles. The van der Waals surface area contributed by atoms with Crippen LogP contribution in [-0.4, -0.2) is 58.9 Å². The normalized spacial score (nSPS) is 20.0. The van der Waals surface area contributed by atoms with Crippen LogP contribution in [0.3, 0.4) is 0 Å². The van der Waals surface area contributed by atoms with Crippen LogP contribution in [-0.2, 0) is 4.74 Å². The van der Waals surface area contributed by atoms with E-state index in [2.05, 4.69) is 26.1 Å². The Morgan fingerprint density at radius 2 is 1.75 bits per heavy atom. The number of hydrogen-bond donors (Lipinski definition) is 0. The first kappa shape index (κ1) is 21.8. The Balaban J connectivity index is 1.22. The molecule has 6 heteroatoms. The fraction of sp³-hybridized carbons (Fsp3) is 0.818. The van der Waals surface area contributed by atoms with Gasteiger partial charge >= 0.3 is 0 Å². The van der Waals surface area contributed by atoms with Crippen LogP contribution in [0.15, 0.2) is 12.4 Å². The minimum Gasteiger partial charge on any atom is -0.378 e. The molecule has 0 atom stereocenters. The predicted octanol–water partition coefficient (Wildman–Crippen LogP) is 4.71. The molecule has 0 aromatic carbocycles. The van der Waals surface area contributed by atoms with Crippen molar-refractivity contribution in [3.05, 3.63) is 18.0 Å². The van der Waals surface area contributed by atoms with Crippen molar-refractivity contribution in [3.63, 3.8) is 0 Å². The number of ether oxygens (including phenoxy) is 1. The molecule has 0 radical (unpaired) electrons. The average Bonchev–Trinajstić information content (AvgIpc) is 2.73. The lowest BCUT2D eigenvalue weighted by molar-refractivity contribution is 0.0189. The highest BCUT2D eigenvalue weighted by Gasteiger charge is 2.22. The van der Waals surface area contributed by atoms with E-state index in [-0.39, 0.29) is 0 Å². The molecule has 2 fully saturated rings. The van der Waals surface area contributed by atoms with Crippen molar-refractivity contribution in [1.29, 1.82) is 0 Å². The molecule has 5 nitrogen and oxygen atoms in total. The maximum atomic E-state index is 6.18. The predicted molar refractivity (Wildman–Crippen MR) is 119 cm³/mol. The fourth-order valence-corrected chi connectivity index (χ4v) is 5.20. The van der Waals surface area contributed by atoms with Gasteiger partial charge in [-0.15, -0.1) is 0 Å². The van der Waals surface area contributed by atoms with Crippen molar-refractivity contribution in [2.75, 3.05) is 43.4 Å². The Morgan fingerprint density at radius 1 is 1.04 bits per heavy atom. The van der Waals surface area contributed by atoms with Gasteiger partial charge in [-0.3, -0.25) is 4.31 Å². The van der Waals surface area contributed by atoms with E-state index in [0.717, 1.165) is 37.1 Å². The van der Waals surface area contributed by atoms with Gasteiger partial charge in [0.15, 0.2) is 0 Å². The molecule has 0 amide bonds. The Kier molecular flexibility index (Phi) is 9.35. The SMILES string of the molecule is CCCCSN1CCC(OCCCC2CCN(c3ncc(C)cn3)CC2)CC1. The van der Waals surface area contributed by atoms with Crippen LogP contribution in [0.5, 0.6) is 0 Å². The van der Waals surface area contributed by atoms with Gasteiger partial charge in [-0.25, -0.2) is 9.97 Å². The molecule has 0 aliphatic carbocycles. The number of aromatic nitrogens is 2. The number of hydrogen-bond acceptors (Lipinski definition) is 6. The quantitative estimate of drug-likeness (QED) is 0.414. The lowest BCUT2D eigenvalue weighted by atomic mass is 9.92. The van der Waals surface area contributed by atoms with E-state index in [0.29, 0.717) is 6.10 Å². The van der Waals surface area contributed by atoms with Crippen LogP contribution in [0, 0.1) is 12.8 Å². The summed E-state index contributed by atoms with van der Waals surface area (Å²) < 4.78 is 8.73. The average molecular weight is 407 g/mol. The first-order valence-electron chi connectivity index (χ1n) is 11.3. The first-order chi connectivity index (χ1) is 13.7. The summed E-state index contributed by atoms with van der Waals surface area (Å²) in [5, 5.41) is 0. The first-order valence-corrected chi connectivity index (χ1v) is 12.2. The number of piperidine rings is 2. The van der Waals surface area contributed by atoms with E-state index in [4.69, 9.17) is 4.74 Å². The van der Waals surface area contributed by atoms with Gasteiger partial charge in [-0.05, 0) is 63.4 Å². The van der Waals surface area contributed by atoms with E-state index in [1.165, 1.54) is 70.2 Å². The second kappa shape index (κ2) is 12.0. The van der Waals surface area contributed by atoms with Crippen LogP contribution in [0.4, 0.5) is 5.95 Å². The second-order valence-electron chi connectivity index (χ2n) is 8.32. The zero-order valence-electron chi connectivity index (χ0n) is 17.8. The van der Waals surface area contributed by atoms with Gasteiger partial charge in [-0.1, -0.05) is 25.3 Å². The van der Waals surface area contributed by atoms with E-state index in [1.54, 1.807) is 0 Å². The van der Waals surface area contributed by atoms with Crippen molar-refractivity contribution >= 4 is 17.9 Å². The lowest BCUT2D eigenvalue weighted by Crippen LogP contribution is -2.35. The van der Waals surface area contributed by atoms with Gasteiger partial charge < -0.3 is 9.64 Å². The van der Waals surface area contributed by atoms with Gasteiger partial charge in [0, 0.05) is 50.9 Å². The van der Waals surface area contributed by atoms with Crippen molar-refractivity contribution in [3.8, 4) is 0 Å². The topological polar surface area (TPSA) is 41.5 Å². The molecule has 0 bridgehead atoms. The molecule has 0 unspecified atom stereocenters. The molecule has 2 aliphatic rings. The number of unbranched alkanes of at least 4 members (excludes halogenated alkanes) is 1. The molecule has 2 saturated heterocycles. The summed E-state index contributed by atoms with van der Waals surface area (Å²) in [5.41, 5.74) is 1.12. The third-order valence-electron chi connectivity index (χ3n) is 5.95. The molecule has 28 heavy (non-hydrogen) atoms. The van der Waals surface area contributed by atoms with E-state index in [1.807, 2.05) is 31.3 Å².